The van der Waals surface area contributed by atoms with E-state index >= 15 is 0 Å². The van der Waals surface area contributed by atoms with Crippen molar-refractivity contribution in [1.82, 2.24) is 4.90 Å². The number of likely N-dealkylation sites (tertiary alicyclic amines) is 1. The fraction of sp³-hybridized carbons (Fsp3) is 0.381. The predicted octanol–water partition coefficient (Wildman–Crippen LogP) is 4.47. The van der Waals surface area contributed by atoms with Gasteiger partial charge < -0.3 is 5.11 Å². The summed E-state index contributed by atoms with van der Waals surface area (Å²) in [6.07, 6.45) is 2.50. The summed E-state index contributed by atoms with van der Waals surface area (Å²) in [4.78, 5) is 13.9. The molecule has 1 saturated heterocycles. The number of carboxylic acid groups (broad SMARTS) is 1. The Morgan fingerprint density at radius 1 is 1.20 bits per heavy atom. The van der Waals surface area contributed by atoms with Gasteiger partial charge in [0.15, 0.2) is 0 Å². The van der Waals surface area contributed by atoms with E-state index in [1.54, 1.807) is 6.07 Å². The Morgan fingerprint density at radius 2 is 2.00 bits per heavy atom. The second-order valence-corrected chi connectivity index (χ2v) is 6.91. The van der Waals surface area contributed by atoms with Gasteiger partial charge in [0.25, 0.3) is 0 Å². The van der Waals surface area contributed by atoms with Crippen LogP contribution >= 0.6 is 0 Å². The highest BCUT2D eigenvalue weighted by Crippen LogP contribution is 2.36. The van der Waals surface area contributed by atoms with E-state index in [9.17, 15) is 14.3 Å². The molecule has 3 nitrogen and oxygen atoms in total. The average Bonchev–Trinajstić information content (AvgIpc) is 2.59. The van der Waals surface area contributed by atoms with Crippen molar-refractivity contribution >= 4 is 5.97 Å². The molecule has 2 aromatic carbocycles. The molecule has 4 heteroatoms. The van der Waals surface area contributed by atoms with Crippen LogP contribution < -0.4 is 0 Å². The number of hydrogen-bond donors (Lipinski definition) is 1. The lowest BCUT2D eigenvalue weighted by molar-refractivity contribution is -0.145. The van der Waals surface area contributed by atoms with Crippen LogP contribution in [0.4, 0.5) is 4.39 Å². The number of aryl methyl sites for hydroxylation is 2. The van der Waals surface area contributed by atoms with Crippen molar-refractivity contribution in [3.63, 3.8) is 0 Å². The molecule has 1 aliphatic rings. The zero-order valence-corrected chi connectivity index (χ0v) is 14.7. The van der Waals surface area contributed by atoms with E-state index in [4.69, 9.17) is 0 Å². The minimum Gasteiger partial charge on any atom is -0.480 e. The third-order valence-corrected chi connectivity index (χ3v) is 5.05. The zero-order valence-electron chi connectivity index (χ0n) is 14.7. The minimum atomic E-state index is -0.800. The molecule has 2 atom stereocenters. The monoisotopic (exact) mass is 341 g/mol. The first-order chi connectivity index (χ1) is 12.0. The summed E-state index contributed by atoms with van der Waals surface area (Å²) in [5.74, 6) is -1.09. The Balaban J connectivity index is 2.14. The fourth-order valence-corrected chi connectivity index (χ4v) is 3.81. The van der Waals surface area contributed by atoms with Crippen molar-refractivity contribution in [1.29, 1.82) is 0 Å². The van der Waals surface area contributed by atoms with E-state index in [-0.39, 0.29) is 11.9 Å². The van der Waals surface area contributed by atoms with E-state index in [2.05, 4.69) is 12.1 Å². The lowest BCUT2D eigenvalue weighted by Gasteiger charge is -2.40. The second-order valence-electron chi connectivity index (χ2n) is 6.91. The van der Waals surface area contributed by atoms with E-state index in [1.165, 1.54) is 12.1 Å². The van der Waals surface area contributed by atoms with E-state index in [0.717, 1.165) is 35.1 Å². The molecule has 1 heterocycles. The maximum atomic E-state index is 13.9. The fourth-order valence-electron chi connectivity index (χ4n) is 3.81. The van der Waals surface area contributed by atoms with Crippen LogP contribution in [0.25, 0.3) is 0 Å². The summed E-state index contributed by atoms with van der Waals surface area (Å²) in [7, 11) is 0. The molecule has 0 amide bonds. The SMILES string of the molecule is Cc1ccc(C)c(C(c2cccc(F)c2)N2CCCCC2C(=O)O)c1. The van der Waals surface area contributed by atoms with Crippen LogP contribution in [0.5, 0.6) is 0 Å². The maximum absolute atomic E-state index is 13.9. The van der Waals surface area contributed by atoms with Gasteiger partial charge in [-0.25, -0.2) is 4.39 Å². The Labute approximate surface area is 148 Å². The van der Waals surface area contributed by atoms with E-state index in [0.29, 0.717) is 13.0 Å². The lowest BCUT2D eigenvalue weighted by Crippen LogP contribution is -2.47. The first kappa shape index (κ1) is 17.6. The normalized spacial score (nSPS) is 19.6. The molecular formula is C21H24FNO2. The third-order valence-electron chi connectivity index (χ3n) is 5.05. The molecular weight excluding hydrogens is 317 g/mol. The molecule has 0 radical (unpaired) electrons. The van der Waals surface area contributed by atoms with Gasteiger partial charge in [0.05, 0.1) is 6.04 Å². The number of benzene rings is 2. The van der Waals surface area contributed by atoms with Crippen molar-refractivity contribution in [2.45, 2.75) is 45.2 Å². The highest BCUT2D eigenvalue weighted by Gasteiger charge is 2.35. The van der Waals surface area contributed by atoms with E-state index in [1.807, 2.05) is 30.9 Å². The highest BCUT2D eigenvalue weighted by atomic mass is 19.1. The van der Waals surface area contributed by atoms with Gasteiger partial charge in [-0.05, 0) is 62.1 Å². The summed E-state index contributed by atoms with van der Waals surface area (Å²) in [5.41, 5.74) is 4.07. The van der Waals surface area contributed by atoms with Crippen LogP contribution in [0.15, 0.2) is 42.5 Å². The van der Waals surface area contributed by atoms with Crippen LogP contribution in [0.2, 0.25) is 0 Å². The van der Waals surface area contributed by atoms with Crippen LogP contribution in [-0.2, 0) is 4.79 Å². The number of nitrogens with zero attached hydrogens (tertiary/aromatic N) is 1. The molecule has 1 N–H and O–H groups in total. The van der Waals surface area contributed by atoms with Crippen molar-refractivity contribution in [3.8, 4) is 0 Å². The number of carboxylic acids is 1. The topological polar surface area (TPSA) is 40.5 Å². The largest absolute Gasteiger partial charge is 0.480 e. The molecule has 1 fully saturated rings. The number of carbonyl (C=O) groups is 1. The number of hydrogen-bond acceptors (Lipinski definition) is 2. The Kier molecular flexibility index (Phi) is 5.19. The van der Waals surface area contributed by atoms with Gasteiger partial charge in [0.2, 0.25) is 0 Å². The summed E-state index contributed by atoms with van der Waals surface area (Å²) in [6.45, 7) is 4.75. The van der Waals surface area contributed by atoms with Crippen molar-refractivity contribution in [2.24, 2.45) is 0 Å². The minimum absolute atomic E-state index is 0.253. The first-order valence-electron chi connectivity index (χ1n) is 8.78. The molecule has 0 aromatic heterocycles. The van der Waals surface area contributed by atoms with Crippen molar-refractivity contribution < 1.29 is 14.3 Å². The van der Waals surface area contributed by atoms with Gasteiger partial charge in [-0.1, -0.05) is 42.3 Å². The summed E-state index contributed by atoms with van der Waals surface area (Å²) < 4.78 is 13.9. The maximum Gasteiger partial charge on any atom is 0.320 e. The highest BCUT2D eigenvalue weighted by molar-refractivity contribution is 5.73. The molecule has 3 rings (SSSR count). The molecule has 0 bridgehead atoms. The molecule has 0 aliphatic carbocycles. The van der Waals surface area contributed by atoms with E-state index < -0.39 is 12.0 Å². The number of piperidine rings is 1. The van der Waals surface area contributed by atoms with Gasteiger partial charge >= 0.3 is 5.97 Å². The van der Waals surface area contributed by atoms with Gasteiger partial charge in [-0.2, -0.15) is 0 Å². The smallest absolute Gasteiger partial charge is 0.320 e. The van der Waals surface area contributed by atoms with Crippen LogP contribution in [0.3, 0.4) is 0 Å². The van der Waals surface area contributed by atoms with Crippen molar-refractivity contribution in [3.05, 3.63) is 70.5 Å². The first-order valence-corrected chi connectivity index (χ1v) is 8.78. The number of aliphatic carboxylic acids is 1. The standard InChI is InChI=1S/C21H24FNO2/c1-14-9-10-15(2)18(12-14)20(16-6-5-7-17(22)13-16)23-11-4-3-8-19(23)21(24)25/h5-7,9-10,12-13,19-20H,3-4,8,11H2,1-2H3,(H,24,25). The molecule has 2 aromatic rings. The van der Waals surface area contributed by atoms with Crippen molar-refractivity contribution in [2.75, 3.05) is 6.54 Å². The van der Waals surface area contributed by atoms with Gasteiger partial charge in [-0.15, -0.1) is 0 Å². The molecule has 0 spiro atoms. The molecule has 2 unspecified atom stereocenters. The second kappa shape index (κ2) is 7.36. The lowest BCUT2D eigenvalue weighted by atomic mass is 9.89. The Hall–Kier alpha value is -2.20. The average molecular weight is 341 g/mol. The molecule has 0 saturated carbocycles. The van der Waals surface area contributed by atoms with Crippen LogP contribution in [-0.4, -0.2) is 28.6 Å². The summed E-state index contributed by atoms with van der Waals surface area (Å²) in [5, 5.41) is 9.71. The van der Waals surface area contributed by atoms with Crippen LogP contribution in [0, 0.1) is 19.7 Å². The quantitative estimate of drug-likeness (QED) is 0.892. The predicted molar refractivity (Wildman–Crippen MR) is 96.1 cm³/mol. The molecule has 1 aliphatic heterocycles. The van der Waals surface area contributed by atoms with Gasteiger partial charge in [-0.3, -0.25) is 9.69 Å². The number of rotatable bonds is 4. The molecule has 25 heavy (non-hydrogen) atoms. The third kappa shape index (κ3) is 3.74. The Bertz CT molecular complexity index is 774. The van der Waals surface area contributed by atoms with Crippen LogP contribution in [0.1, 0.15) is 47.6 Å². The van der Waals surface area contributed by atoms with Gasteiger partial charge in [0, 0.05) is 0 Å². The Morgan fingerprint density at radius 3 is 2.72 bits per heavy atom. The number of halogens is 1. The molecule has 132 valence electrons. The van der Waals surface area contributed by atoms with Gasteiger partial charge in [0.1, 0.15) is 11.9 Å². The summed E-state index contributed by atoms with van der Waals surface area (Å²) >= 11 is 0. The summed E-state index contributed by atoms with van der Waals surface area (Å²) in [6, 6.07) is 11.9. The zero-order chi connectivity index (χ0) is 18.0.